The van der Waals surface area contributed by atoms with Gasteiger partial charge >= 0.3 is 5.97 Å². The maximum Gasteiger partial charge on any atom is 0.321 e. The van der Waals surface area contributed by atoms with Crippen LogP contribution in [0.4, 0.5) is 0 Å². The lowest BCUT2D eigenvalue weighted by Gasteiger charge is -2.06. The third-order valence-electron chi connectivity index (χ3n) is 3.05. The molecule has 3 rings (SSSR count). The van der Waals surface area contributed by atoms with Gasteiger partial charge in [0.1, 0.15) is 5.75 Å². The number of carbonyl (C=O) groups is 1. The van der Waals surface area contributed by atoms with Crippen LogP contribution < -0.4 is 14.2 Å². The van der Waals surface area contributed by atoms with Crippen molar-refractivity contribution in [3.05, 3.63) is 52.0 Å². The highest BCUT2D eigenvalue weighted by molar-refractivity contribution is 7.99. The molecule has 4 nitrogen and oxygen atoms in total. The molecule has 120 valence electrons. The van der Waals surface area contributed by atoms with Gasteiger partial charge in [0.05, 0.1) is 15.8 Å². The Morgan fingerprint density at radius 1 is 1.09 bits per heavy atom. The predicted octanol–water partition coefficient (Wildman–Crippen LogP) is 4.56. The molecule has 0 fully saturated rings. The van der Waals surface area contributed by atoms with E-state index >= 15 is 0 Å². The van der Waals surface area contributed by atoms with Crippen molar-refractivity contribution in [2.75, 3.05) is 12.5 Å². The molecule has 0 amide bonds. The van der Waals surface area contributed by atoms with Gasteiger partial charge in [-0.15, -0.1) is 11.8 Å². The maximum absolute atomic E-state index is 11.9. The smallest absolute Gasteiger partial charge is 0.321 e. The highest BCUT2D eigenvalue weighted by Gasteiger charge is 2.15. The van der Waals surface area contributed by atoms with Crippen molar-refractivity contribution in [1.82, 2.24) is 0 Å². The molecule has 1 aliphatic heterocycles. The molecular weight excluding hydrogens is 359 g/mol. The molecule has 2 aromatic rings. The first-order valence-electron chi connectivity index (χ1n) is 6.74. The number of rotatable bonds is 5. The minimum absolute atomic E-state index is 0.187. The van der Waals surface area contributed by atoms with Gasteiger partial charge in [-0.2, -0.15) is 0 Å². The van der Waals surface area contributed by atoms with E-state index in [1.54, 1.807) is 30.3 Å². The van der Waals surface area contributed by atoms with Gasteiger partial charge < -0.3 is 14.2 Å². The first-order chi connectivity index (χ1) is 11.1. The Labute approximate surface area is 147 Å². The fourth-order valence-electron chi connectivity index (χ4n) is 1.98. The lowest BCUT2D eigenvalue weighted by Crippen LogP contribution is -2.10. The Kier molecular flexibility index (Phi) is 5.20. The molecule has 0 atom stereocenters. The zero-order valence-corrected chi connectivity index (χ0v) is 14.2. The van der Waals surface area contributed by atoms with E-state index in [4.69, 9.17) is 37.4 Å². The second-order valence-electron chi connectivity index (χ2n) is 4.73. The summed E-state index contributed by atoms with van der Waals surface area (Å²) in [6.07, 6.45) is 0. The van der Waals surface area contributed by atoms with E-state index in [1.165, 1.54) is 11.8 Å². The van der Waals surface area contributed by atoms with Crippen LogP contribution in [0.2, 0.25) is 10.0 Å². The second-order valence-corrected chi connectivity index (χ2v) is 6.53. The van der Waals surface area contributed by atoms with Gasteiger partial charge in [-0.1, -0.05) is 29.3 Å². The maximum atomic E-state index is 11.9. The lowest BCUT2D eigenvalue weighted by atomic mass is 10.2. The monoisotopic (exact) mass is 370 g/mol. The molecule has 2 aromatic carbocycles. The number of ether oxygens (including phenoxy) is 3. The van der Waals surface area contributed by atoms with Gasteiger partial charge in [0.15, 0.2) is 11.5 Å². The number of fused-ring (bicyclic) bond motifs is 1. The third-order valence-corrected chi connectivity index (χ3v) is 4.76. The Bertz CT molecular complexity index is 736. The van der Waals surface area contributed by atoms with E-state index in [1.807, 2.05) is 6.07 Å². The summed E-state index contributed by atoms with van der Waals surface area (Å²) in [5.41, 5.74) is 1.00. The van der Waals surface area contributed by atoms with E-state index in [0.717, 1.165) is 5.56 Å². The predicted molar refractivity (Wildman–Crippen MR) is 90.8 cm³/mol. The average Bonchev–Trinajstić information content (AvgIpc) is 2.98. The van der Waals surface area contributed by atoms with Crippen LogP contribution >= 0.6 is 35.0 Å². The van der Waals surface area contributed by atoms with Gasteiger partial charge in [0, 0.05) is 11.8 Å². The summed E-state index contributed by atoms with van der Waals surface area (Å²) in [5, 5.41) is 1.02. The molecule has 0 N–H and O–H groups in total. The van der Waals surface area contributed by atoms with Crippen molar-refractivity contribution in [3.63, 3.8) is 0 Å². The molecule has 0 saturated heterocycles. The molecule has 1 heterocycles. The van der Waals surface area contributed by atoms with Crippen molar-refractivity contribution in [1.29, 1.82) is 0 Å². The fraction of sp³-hybridized carbons (Fsp3) is 0.188. The van der Waals surface area contributed by atoms with E-state index in [-0.39, 0.29) is 18.5 Å². The van der Waals surface area contributed by atoms with Crippen molar-refractivity contribution in [2.45, 2.75) is 5.75 Å². The van der Waals surface area contributed by atoms with Crippen LogP contribution in [-0.4, -0.2) is 18.5 Å². The van der Waals surface area contributed by atoms with E-state index in [9.17, 15) is 4.79 Å². The molecule has 1 aliphatic rings. The number of halogens is 2. The SMILES string of the molecule is O=C(CSCc1ccc(Cl)c(Cl)c1)Oc1ccc2c(c1)OCO2. The summed E-state index contributed by atoms with van der Waals surface area (Å²) in [5.74, 6) is 2.22. The van der Waals surface area contributed by atoms with Crippen LogP contribution in [0.25, 0.3) is 0 Å². The van der Waals surface area contributed by atoms with Gasteiger partial charge in [-0.3, -0.25) is 4.79 Å². The summed E-state index contributed by atoms with van der Waals surface area (Å²) in [4.78, 5) is 11.9. The molecule has 0 aromatic heterocycles. The van der Waals surface area contributed by atoms with Gasteiger partial charge in [0.2, 0.25) is 6.79 Å². The minimum Gasteiger partial charge on any atom is -0.454 e. The number of hydrogen-bond donors (Lipinski definition) is 0. The number of benzene rings is 2. The first kappa shape index (κ1) is 16.3. The van der Waals surface area contributed by atoms with Gasteiger partial charge in [0.25, 0.3) is 0 Å². The highest BCUT2D eigenvalue weighted by Crippen LogP contribution is 2.35. The molecule has 0 unspecified atom stereocenters. The van der Waals surface area contributed by atoms with Crippen LogP contribution in [0.1, 0.15) is 5.56 Å². The van der Waals surface area contributed by atoms with Crippen molar-refractivity contribution in [2.24, 2.45) is 0 Å². The average molecular weight is 371 g/mol. The van der Waals surface area contributed by atoms with Crippen LogP contribution in [0, 0.1) is 0 Å². The molecule has 0 aliphatic carbocycles. The summed E-state index contributed by atoms with van der Waals surface area (Å²) >= 11 is 13.3. The first-order valence-corrected chi connectivity index (χ1v) is 8.65. The molecule has 0 bridgehead atoms. The van der Waals surface area contributed by atoms with Crippen molar-refractivity contribution in [3.8, 4) is 17.2 Å². The molecule has 7 heteroatoms. The molecule has 0 spiro atoms. The van der Waals surface area contributed by atoms with Crippen LogP contribution in [0.3, 0.4) is 0 Å². The van der Waals surface area contributed by atoms with Crippen LogP contribution in [0.15, 0.2) is 36.4 Å². The third kappa shape index (κ3) is 4.25. The van der Waals surface area contributed by atoms with Gasteiger partial charge in [-0.05, 0) is 29.8 Å². The number of thioether (sulfide) groups is 1. The number of carbonyl (C=O) groups excluding carboxylic acids is 1. The zero-order chi connectivity index (χ0) is 16.2. The normalized spacial score (nSPS) is 12.3. The summed E-state index contributed by atoms with van der Waals surface area (Å²) < 4.78 is 15.7. The van der Waals surface area contributed by atoms with E-state index < -0.39 is 0 Å². The molecule has 0 saturated carbocycles. The highest BCUT2D eigenvalue weighted by atomic mass is 35.5. The summed E-state index contributed by atoms with van der Waals surface area (Å²) in [6.45, 7) is 0.187. The Morgan fingerprint density at radius 2 is 1.91 bits per heavy atom. The second kappa shape index (κ2) is 7.34. The standard InChI is InChI=1S/C16H12Cl2O4S/c17-12-3-1-10(5-13(12)18)7-23-8-16(19)22-11-2-4-14-15(6-11)21-9-20-14/h1-6H,7-9H2. The summed E-state index contributed by atoms with van der Waals surface area (Å²) in [6, 6.07) is 10.4. The zero-order valence-electron chi connectivity index (χ0n) is 11.9. The van der Waals surface area contributed by atoms with Gasteiger partial charge in [-0.25, -0.2) is 0 Å². The Morgan fingerprint density at radius 3 is 2.74 bits per heavy atom. The largest absolute Gasteiger partial charge is 0.454 e. The topological polar surface area (TPSA) is 44.8 Å². The quantitative estimate of drug-likeness (QED) is 0.570. The van der Waals surface area contributed by atoms with Crippen LogP contribution in [-0.2, 0) is 10.5 Å². The summed E-state index contributed by atoms with van der Waals surface area (Å²) in [7, 11) is 0. The van der Waals surface area contributed by atoms with E-state index in [2.05, 4.69) is 0 Å². The lowest BCUT2D eigenvalue weighted by molar-refractivity contribution is -0.131. The fourth-order valence-corrected chi connectivity index (χ4v) is 3.05. The Balaban J connectivity index is 1.49. The van der Waals surface area contributed by atoms with Crippen molar-refractivity contribution >= 4 is 40.9 Å². The number of hydrogen-bond acceptors (Lipinski definition) is 5. The molecular formula is C16H12Cl2O4S. The van der Waals surface area contributed by atoms with E-state index in [0.29, 0.717) is 33.0 Å². The number of esters is 1. The van der Waals surface area contributed by atoms with Crippen LogP contribution in [0.5, 0.6) is 17.2 Å². The Hall–Kier alpha value is -1.56. The minimum atomic E-state index is -0.325. The molecule has 23 heavy (non-hydrogen) atoms. The van der Waals surface area contributed by atoms with Crippen molar-refractivity contribution < 1.29 is 19.0 Å². The molecule has 0 radical (unpaired) electrons.